The lowest BCUT2D eigenvalue weighted by Gasteiger charge is -2.18. The Hall–Kier alpha value is -1.44. The van der Waals surface area contributed by atoms with E-state index in [0.717, 1.165) is 24.3 Å². The number of benzene rings is 1. The Kier molecular flexibility index (Phi) is 8.65. The van der Waals surface area contributed by atoms with Crippen molar-refractivity contribution in [3.63, 3.8) is 0 Å². The number of allylic oxidation sites excluding steroid dienone is 2. The zero-order chi connectivity index (χ0) is 15.5. The standard InChI is InChI=1S/C19H30O2/c1-5-9-10-12-16(11-6-2)17-13-14-18(20-7-3)19(15-17)21-8-4/h9-10,13-16H,5-8,11-12H2,1-4H3/b10-9-. The molecule has 1 aromatic carbocycles. The lowest BCUT2D eigenvalue weighted by molar-refractivity contribution is 0.287. The number of rotatable bonds is 10. The molecule has 1 unspecified atom stereocenters. The Balaban J connectivity index is 2.95. The molecule has 0 aromatic heterocycles. The quantitative estimate of drug-likeness (QED) is 0.513. The van der Waals surface area contributed by atoms with Crippen molar-refractivity contribution in [2.24, 2.45) is 0 Å². The molecular weight excluding hydrogens is 260 g/mol. The average Bonchev–Trinajstić information content (AvgIpc) is 2.49. The Bertz CT molecular complexity index is 424. The fraction of sp³-hybridized carbons (Fsp3) is 0.579. The summed E-state index contributed by atoms with van der Waals surface area (Å²) in [6.45, 7) is 9.76. The third-order valence-corrected chi connectivity index (χ3v) is 3.50. The van der Waals surface area contributed by atoms with Crippen LogP contribution in [0, 0.1) is 0 Å². The Labute approximate surface area is 130 Å². The highest BCUT2D eigenvalue weighted by Gasteiger charge is 2.13. The highest BCUT2D eigenvalue weighted by atomic mass is 16.5. The van der Waals surface area contributed by atoms with E-state index in [1.807, 2.05) is 13.8 Å². The van der Waals surface area contributed by atoms with Crippen LogP contribution in [0.15, 0.2) is 30.4 Å². The van der Waals surface area contributed by atoms with Gasteiger partial charge in [-0.05, 0) is 56.7 Å². The minimum absolute atomic E-state index is 0.563. The third-order valence-electron chi connectivity index (χ3n) is 3.50. The van der Waals surface area contributed by atoms with Gasteiger partial charge in [0, 0.05) is 0 Å². The monoisotopic (exact) mass is 290 g/mol. The summed E-state index contributed by atoms with van der Waals surface area (Å²) in [6, 6.07) is 6.40. The van der Waals surface area contributed by atoms with E-state index in [1.54, 1.807) is 0 Å². The van der Waals surface area contributed by atoms with Gasteiger partial charge in [0.1, 0.15) is 0 Å². The maximum atomic E-state index is 5.74. The van der Waals surface area contributed by atoms with Crippen molar-refractivity contribution < 1.29 is 9.47 Å². The van der Waals surface area contributed by atoms with Crippen LogP contribution < -0.4 is 9.47 Å². The van der Waals surface area contributed by atoms with Crippen molar-refractivity contribution in [2.75, 3.05) is 13.2 Å². The molecule has 0 aliphatic rings. The molecule has 0 spiro atoms. The molecule has 0 fully saturated rings. The molecule has 1 rings (SSSR count). The second kappa shape index (κ2) is 10.3. The van der Waals surface area contributed by atoms with Gasteiger partial charge in [0.2, 0.25) is 0 Å². The van der Waals surface area contributed by atoms with Crippen LogP contribution in [0.5, 0.6) is 11.5 Å². The summed E-state index contributed by atoms with van der Waals surface area (Å²) < 4.78 is 11.4. The summed E-state index contributed by atoms with van der Waals surface area (Å²) in [7, 11) is 0. The minimum atomic E-state index is 0.563. The molecule has 0 radical (unpaired) electrons. The van der Waals surface area contributed by atoms with Crippen LogP contribution in [0.3, 0.4) is 0 Å². The predicted octanol–water partition coefficient (Wildman–Crippen LogP) is 5.72. The van der Waals surface area contributed by atoms with Crippen LogP contribution in [0.4, 0.5) is 0 Å². The predicted molar refractivity (Wildman–Crippen MR) is 90.5 cm³/mol. The van der Waals surface area contributed by atoms with Crippen LogP contribution in [-0.2, 0) is 0 Å². The van der Waals surface area contributed by atoms with E-state index < -0.39 is 0 Å². The number of ether oxygens (including phenoxy) is 2. The third kappa shape index (κ3) is 5.82. The van der Waals surface area contributed by atoms with E-state index in [1.165, 1.54) is 18.4 Å². The molecule has 0 aliphatic carbocycles. The second-order valence-corrected chi connectivity index (χ2v) is 5.17. The largest absolute Gasteiger partial charge is 0.490 e. The van der Waals surface area contributed by atoms with Gasteiger partial charge in [-0.3, -0.25) is 0 Å². The average molecular weight is 290 g/mol. The molecule has 2 heteroatoms. The molecule has 0 amide bonds. The second-order valence-electron chi connectivity index (χ2n) is 5.17. The van der Waals surface area contributed by atoms with Gasteiger partial charge in [-0.2, -0.15) is 0 Å². The van der Waals surface area contributed by atoms with Crippen LogP contribution in [0.1, 0.15) is 64.9 Å². The normalized spacial score (nSPS) is 12.6. The van der Waals surface area contributed by atoms with Crippen molar-refractivity contribution in [1.82, 2.24) is 0 Å². The first-order valence-electron chi connectivity index (χ1n) is 8.31. The first-order chi connectivity index (χ1) is 10.3. The van der Waals surface area contributed by atoms with Crippen LogP contribution in [0.2, 0.25) is 0 Å². The van der Waals surface area contributed by atoms with Gasteiger partial charge in [0.15, 0.2) is 11.5 Å². The van der Waals surface area contributed by atoms with Gasteiger partial charge in [0.25, 0.3) is 0 Å². The zero-order valence-corrected chi connectivity index (χ0v) is 14.0. The Morgan fingerprint density at radius 3 is 2.29 bits per heavy atom. The molecule has 21 heavy (non-hydrogen) atoms. The molecule has 1 aromatic rings. The summed E-state index contributed by atoms with van der Waals surface area (Å²) in [5, 5.41) is 0. The fourth-order valence-corrected chi connectivity index (χ4v) is 2.52. The van der Waals surface area contributed by atoms with Crippen molar-refractivity contribution >= 4 is 0 Å². The van der Waals surface area contributed by atoms with Gasteiger partial charge in [-0.1, -0.05) is 38.5 Å². The summed E-state index contributed by atoms with van der Waals surface area (Å²) in [5.41, 5.74) is 1.35. The van der Waals surface area contributed by atoms with Crippen molar-refractivity contribution in [2.45, 2.75) is 59.3 Å². The molecule has 0 saturated carbocycles. The molecular formula is C19H30O2. The van der Waals surface area contributed by atoms with Gasteiger partial charge in [-0.15, -0.1) is 0 Å². The number of hydrogen-bond donors (Lipinski definition) is 0. The maximum absolute atomic E-state index is 5.74. The Morgan fingerprint density at radius 2 is 1.67 bits per heavy atom. The molecule has 0 heterocycles. The lowest BCUT2D eigenvalue weighted by atomic mass is 9.91. The van der Waals surface area contributed by atoms with Crippen LogP contribution in [0.25, 0.3) is 0 Å². The first-order valence-corrected chi connectivity index (χ1v) is 8.31. The van der Waals surface area contributed by atoms with Gasteiger partial charge < -0.3 is 9.47 Å². The smallest absolute Gasteiger partial charge is 0.161 e. The van der Waals surface area contributed by atoms with Gasteiger partial charge >= 0.3 is 0 Å². The fourth-order valence-electron chi connectivity index (χ4n) is 2.52. The molecule has 1 atom stereocenters. The van der Waals surface area contributed by atoms with E-state index in [-0.39, 0.29) is 0 Å². The SMILES string of the molecule is CC/C=C\CC(CCC)c1ccc(OCC)c(OCC)c1. The molecule has 0 bridgehead atoms. The lowest BCUT2D eigenvalue weighted by Crippen LogP contribution is -2.02. The molecule has 118 valence electrons. The van der Waals surface area contributed by atoms with E-state index in [2.05, 4.69) is 44.2 Å². The van der Waals surface area contributed by atoms with E-state index in [9.17, 15) is 0 Å². The maximum Gasteiger partial charge on any atom is 0.161 e. The van der Waals surface area contributed by atoms with Crippen molar-refractivity contribution in [1.29, 1.82) is 0 Å². The van der Waals surface area contributed by atoms with E-state index >= 15 is 0 Å². The van der Waals surface area contributed by atoms with Crippen LogP contribution in [-0.4, -0.2) is 13.2 Å². The van der Waals surface area contributed by atoms with Gasteiger partial charge in [-0.25, -0.2) is 0 Å². The van der Waals surface area contributed by atoms with Crippen molar-refractivity contribution in [3.05, 3.63) is 35.9 Å². The zero-order valence-electron chi connectivity index (χ0n) is 14.0. The van der Waals surface area contributed by atoms with E-state index in [0.29, 0.717) is 19.1 Å². The summed E-state index contributed by atoms with van der Waals surface area (Å²) in [6.07, 6.45) is 9.15. The summed E-state index contributed by atoms with van der Waals surface area (Å²) in [5.74, 6) is 2.28. The Morgan fingerprint density at radius 1 is 0.952 bits per heavy atom. The molecule has 2 nitrogen and oxygen atoms in total. The topological polar surface area (TPSA) is 18.5 Å². The van der Waals surface area contributed by atoms with Crippen LogP contribution >= 0.6 is 0 Å². The highest BCUT2D eigenvalue weighted by molar-refractivity contribution is 5.44. The molecule has 0 saturated heterocycles. The molecule has 0 N–H and O–H groups in total. The highest BCUT2D eigenvalue weighted by Crippen LogP contribution is 2.34. The van der Waals surface area contributed by atoms with E-state index in [4.69, 9.17) is 9.47 Å². The molecule has 0 aliphatic heterocycles. The summed E-state index contributed by atoms with van der Waals surface area (Å²) >= 11 is 0. The number of hydrogen-bond acceptors (Lipinski definition) is 2. The van der Waals surface area contributed by atoms with Crippen molar-refractivity contribution in [3.8, 4) is 11.5 Å². The minimum Gasteiger partial charge on any atom is -0.490 e. The summed E-state index contributed by atoms with van der Waals surface area (Å²) in [4.78, 5) is 0. The first kappa shape index (κ1) is 17.6. The van der Waals surface area contributed by atoms with Gasteiger partial charge in [0.05, 0.1) is 13.2 Å².